The van der Waals surface area contributed by atoms with Crippen molar-refractivity contribution in [1.82, 2.24) is 10.6 Å². The molecular weight excluding hydrogens is 249 g/mol. The minimum Gasteiger partial charge on any atom is -0.468 e. The lowest BCUT2D eigenvalue weighted by Crippen LogP contribution is -2.45. The monoisotopic (exact) mass is 264 g/mol. The summed E-state index contributed by atoms with van der Waals surface area (Å²) < 4.78 is 40.9. The molecule has 2 N–H and O–H groups in total. The molecular formula is C11H15F3N2O2. The van der Waals surface area contributed by atoms with Crippen LogP contribution in [-0.4, -0.2) is 24.7 Å². The fourth-order valence-corrected chi connectivity index (χ4v) is 1.41. The maximum absolute atomic E-state index is 11.9. The van der Waals surface area contributed by atoms with Crippen molar-refractivity contribution in [3.8, 4) is 0 Å². The topological polar surface area (TPSA) is 54.3 Å². The first-order valence-electron chi connectivity index (χ1n) is 5.43. The molecule has 0 bridgehead atoms. The average molecular weight is 264 g/mol. The molecule has 1 aromatic rings. The summed E-state index contributed by atoms with van der Waals surface area (Å²) in [5, 5.41) is 4.66. The number of hydrogen-bond acceptors (Lipinski definition) is 3. The second-order valence-electron chi connectivity index (χ2n) is 3.96. The number of rotatable bonds is 5. The van der Waals surface area contributed by atoms with Gasteiger partial charge >= 0.3 is 6.18 Å². The van der Waals surface area contributed by atoms with Crippen LogP contribution in [0.25, 0.3) is 0 Å². The Hall–Kier alpha value is -1.50. The number of hydrogen-bond donors (Lipinski definition) is 2. The Morgan fingerprint density at radius 2 is 2.11 bits per heavy atom. The van der Waals surface area contributed by atoms with Crippen LogP contribution in [0.1, 0.15) is 25.6 Å². The fraction of sp³-hybridized carbons (Fsp3) is 0.545. The van der Waals surface area contributed by atoms with Gasteiger partial charge in [0.25, 0.3) is 0 Å². The molecule has 2 atom stereocenters. The molecule has 1 rings (SSSR count). The third kappa shape index (κ3) is 4.79. The van der Waals surface area contributed by atoms with Gasteiger partial charge in [-0.05, 0) is 26.0 Å². The summed E-state index contributed by atoms with van der Waals surface area (Å²) in [6, 6.07) is 2.42. The number of amides is 1. The Bertz CT molecular complexity index is 376. The third-order valence-electron chi connectivity index (χ3n) is 2.33. The maximum atomic E-state index is 11.9. The van der Waals surface area contributed by atoms with Gasteiger partial charge in [0, 0.05) is 0 Å². The van der Waals surface area contributed by atoms with Crippen molar-refractivity contribution in [2.75, 3.05) is 6.54 Å². The second-order valence-corrected chi connectivity index (χ2v) is 3.96. The van der Waals surface area contributed by atoms with Gasteiger partial charge in [0.2, 0.25) is 5.91 Å². The average Bonchev–Trinajstić information content (AvgIpc) is 2.77. The molecule has 0 aromatic carbocycles. The molecule has 102 valence electrons. The summed E-state index contributed by atoms with van der Waals surface area (Å²) in [4.78, 5) is 11.4. The van der Waals surface area contributed by atoms with Crippen LogP contribution >= 0.6 is 0 Å². The van der Waals surface area contributed by atoms with E-state index in [9.17, 15) is 18.0 Å². The zero-order valence-electron chi connectivity index (χ0n) is 10.0. The Balaban J connectivity index is 2.40. The lowest BCUT2D eigenvalue weighted by atomic mass is 10.2. The molecule has 0 aliphatic heterocycles. The van der Waals surface area contributed by atoms with Crippen LogP contribution in [-0.2, 0) is 4.79 Å². The van der Waals surface area contributed by atoms with Gasteiger partial charge in [0.15, 0.2) is 0 Å². The van der Waals surface area contributed by atoms with Gasteiger partial charge < -0.3 is 9.73 Å². The van der Waals surface area contributed by atoms with E-state index in [1.165, 1.54) is 13.2 Å². The molecule has 0 aliphatic rings. The molecule has 0 saturated heterocycles. The van der Waals surface area contributed by atoms with Gasteiger partial charge in [-0.15, -0.1) is 0 Å². The quantitative estimate of drug-likeness (QED) is 0.855. The van der Waals surface area contributed by atoms with Crippen LogP contribution in [0, 0.1) is 0 Å². The van der Waals surface area contributed by atoms with E-state index >= 15 is 0 Å². The van der Waals surface area contributed by atoms with Crippen molar-refractivity contribution in [2.24, 2.45) is 0 Å². The number of carbonyl (C=O) groups excluding carboxylic acids is 1. The minimum absolute atomic E-state index is 0.258. The number of halogens is 3. The molecule has 1 unspecified atom stereocenters. The highest BCUT2D eigenvalue weighted by molar-refractivity contribution is 5.81. The first-order valence-corrected chi connectivity index (χ1v) is 5.43. The van der Waals surface area contributed by atoms with Gasteiger partial charge in [-0.1, -0.05) is 0 Å². The predicted molar refractivity (Wildman–Crippen MR) is 58.8 cm³/mol. The van der Waals surface area contributed by atoms with Crippen LogP contribution in [0.4, 0.5) is 13.2 Å². The molecule has 0 fully saturated rings. The SMILES string of the molecule is CC(N[C@H](C)c1ccco1)C(=O)NCC(F)(F)F. The van der Waals surface area contributed by atoms with Crippen molar-refractivity contribution in [2.45, 2.75) is 32.1 Å². The summed E-state index contributed by atoms with van der Waals surface area (Å²) in [7, 11) is 0. The molecule has 18 heavy (non-hydrogen) atoms. The molecule has 1 amide bonds. The molecule has 0 radical (unpaired) electrons. The van der Waals surface area contributed by atoms with Gasteiger partial charge in [-0.25, -0.2) is 0 Å². The van der Waals surface area contributed by atoms with Crippen molar-refractivity contribution >= 4 is 5.91 Å². The van der Waals surface area contributed by atoms with E-state index < -0.39 is 24.7 Å². The van der Waals surface area contributed by atoms with Crippen LogP contribution in [0.3, 0.4) is 0 Å². The van der Waals surface area contributed by atoms with Gasteiger partial charge in [0.05, 0.1) is 18.3 Å². The van der Waals surface area contributed by atoms with E-state index in [4.69, 9.17) is 4.42 Å². The fourth-order valence-electron chi connectivity index (χ4n) is 1.41. The minimum atomic E-state index is -4.40. The van der Waals surface area contributed by atoms with Gasteiger partial charge in [-0.2, -0.15) is 13.2 Å². The first kappa shape index (κ1) is 14.6. The zero-order chi connectivity index (χ0) is 13.8. The van der Waals surface area contributed by atoms with E-state index in [0.717, 1.165) is 0 Å². The summed E-state index contributed by atoms with van der Waals surface area (Å²) in [6.07, 6.45) is -2.91. The van der Waals surface area contributed by atoms with Gasteiger partial charge in [-0.3, -0.25) is 10.1 Å². The highest BCUT2D eigenvalue weighted by atomic mass is 19.4. The lowest BCUT2D eigenvalue weighted by molar-refractivity contribution is -0.139. The largest absolute Gasteiger partial charge is 0.468 e. The second kappa shape index (κ2) is 5.90. The summed E-state index contributed by atoms with van der Waals surface area (Å²) in [6.45, 7) is 1.92. The highest BCUT2D eigenvalue weighted by Crippen LogP contribution is 2.14. The summed E-state index contributed by atoms with van der Waals surface area (Å²) in [5.41, 5.74) is 0. The molecule has 7 heteroatoms. The first-order chi connectivity index (χ1) is 8.29. The van der Waals surface area contributed by atoms with Crippen LogP contribution in [0.5, 0.6) is 0 Å². The Kier molecular flexibility index (Phi) is 4.77. The van der Waals surface area contributed by atoms with E-state index in [-0.39, 0.29) is 6.04 Å². The van der Waals surface area contributed by atoms with Gasteiger partial charge in [0.1, 0.15) is 12.3 Å². The number of alkyl halides is 3. The van der Waals surface area contributed by atoms with Crippen molar-refractivity contribution < 1.29 is 22.4 Å². The summed E-state index contributed by atoms with van der Waals surface area (Å²) >= 11 is 0. The number of furan rings is 1. The molecule has 0 aliphatic carbocycles. The van der Waals surface area contributed by atoms with Crippen LogP contribution in [0.2, 0.25) is 0 Å². The predicted octanol–water partition coefficient (Wildman–Crippen LogP) is 2.00. The number of nitrogens with one attached hydrogen (secondary N) is 2. The summed E-state index contributed by atoms with van der Waals surface area (Å²) in [5.74, 6) is -0.0868. The van der Waals surface area contributed by atoms with E-state index in [0.29, 0.717) is 5.76 Å². The lowest BCUT2D eigenvalue weighted by Gasteiger charge is -2.18. The van der Waals surface area contributed by atoms with E-state index in [1.54, 1.807) is 19.1 Å². The standard InChI is InChI=1S/C11H15F3N2O2/c1-7(9-4-3-5-18-9)16-8(2)10(17)15-6-11(12,13)14/h3-5,7-8,16H,6H2,1-2H3,(H,15,17)/t7-,8?/m1/s1. The normalized spacial score (nSPS) is 15.2. The van der Waals surface area contributed by atoms with E-state index in [2.05, 4.69) is 5.32 Å². The molecule has 0 spiro atoms. The molecule has 1 aromatic heterocycles. The molecule has 1 heterocycles. The molecule has 0 saturated carbocycles. The Morgan fingerprint density at radius 3 is 2.61 bits per heavy atom. The Labute approximate surface area is 103 Å². The Morgan fingerprint density at radius 1 is 1.44 bits per heavy atom. The van der Waals surface area contributed by atoms with Crippen molar-refractivity contribution in [3.05, 3.63) is 24.2 Å². The van der Waals surface area contributed by atoms with Crippen LogP contribution < -0.4 is 10.6 Å². The third-order valence-corrected chi connectivity index (χ3v) is 2.33. The van der Waals surface area contributed by atoms with E-state index in [1.807, 2.05) is 5.32 Å². The maximum Gasteiger partial charge on any atom is 0.405 e. The number of carbonyl (C=O) groups is 1. The zero-order valence-corrected chi connectivity index (χ0v) is 10.0. The smallest absolute Gasteiger partial charge is 0.405 e. The highest BCUT2D eigenvalue weighted by Gasteiger charge is 2.29. The van der Waals surface area contributed by atoms with Crippen LogP contribution in [0.15, 0.2) is 22.8 Å². The molecule has 4 nitrogen and oxygen atoms in total. The van der Waals surface area contributed by atoms with Crippen molar-refractivity contribution in [3.63, 3.8) is 0 Å². The van der Waals surface area contributed by atoms with Crippen molar-refractivity contribution in [1.29, 1.82) is 0 Å².